The van der Waals surface area contributed by atoms with Crippen LogP contribution in [-0.4, -0.2) is 6.61 Å². The van der Waals surface area contributed by atoms with Gasteiger partial charge in [0.05, 0.1) is 12.9 Å². The van der Waals surface area contributed by atoms with Crippen LogP contribution >= 0.6 is 0 Å². The van der Waals surface area contributed by atoms with Gasteiger partial charge in [0.2, 0.25) is 0 Å². The minimum atomic E-state index is 0.764. The zero-order valence-corrected chi connectivity index (χ0v) is 8.77. The normalized spacial score (nSPS) is 10.2. The summed E-state index contributed by atoms with van der Waals surface area (Å²) in [4.78, 5) is 0. The van der Waals surface area contributed by atoms with Gasteiger partial charge in [0.1, 0.15) is 11.5 Å². The van der Waals surface area contributed by atoms with Gasteiger partial charge in [-0.05, 0) is 42.8 Å². The maximum absolute atomic E-state index is 5.50. The molecule has 0 spiro atoms. The number of hydrogen-bond acceptors (Lipinski definition) is 2. The molecule has 0 atom stereocenters. The number of furan rings is 1. The highest BCUT2D eigenvalue weighted by atomic mass is 16.5. The first-order valence-electron chi connectivity index (χ1n) is 5.17. The number of benzene rings is 1. The Bertz CT molecular complexity index is 387. The molecule has 78 valence electrons. The van der Waals surface area contributed by atoms with E-state index in [1.54, 1.807) is 6.26 Å². The van der Waals surface area contributed by atoms with Crippen molar-refractivity contribution in [1.82, 2.24) is 0 Å². The zero-order valence-electron chi connectivity index (χ0n) is 8.77. The molecule has 0 unspecified atom stereocenters. The molecule has 1 heterocycles. The highest BCUT2D eigenvalue weighted by molar-refractivity contribution is 5.58. The Morgan fingerprint density at radius 2 is 1.93 bits per heavy atom. The van der Waals surface area contributed by atoms with Gasteiger partial charge in [-0.1, -0.05) is 6.92 Å². The van der Waals surface area contributed by atoms with Crippen molar-refractivity contribution in [1.29, 1.82) is 0 Å². The number of ether oxygens (including phenoxy) is 1. The quantitative estimate of drug-likeness (QED) is 0.753. The van der Waals surface area contributed by atoms with E-state index in [-0.39, 0.29) is 0 Å². The highest BCUT2D eigenvalue weighted by Crippen LogP contribution is 2.22. The van der Waals surface area contributed by atoms with Gasteiger partial charge in [0, 0.05) is 5.56 Å². The van der Waals surface area contributed by atoms with Gasteiger partial charge in [0.15, 0.2) is 0 Å². The maximum Gasteiger partial charge on any atom is 0.133 e. The van der Waals surface area contributed by atoms with E-state index in [1.165, 1.54) is 0 Å². The summed E-state index contributed by atoms with van der Waals surface area (Å²) in [6.07, 6.45) is 2.71. The molecule has 0 N–H and O–H groups in total. The molecular formula is C13H14O2. The summed E-state index contributed by atoms with van der Waals surface area (Å²) in [6.45, 7) is 2.86. The third kappa shape index (κ3) is 2.40. The molecular weight excluding hydrogens is 188 g/mol. The summed E-state index contributed by atoms with van der Waals surface area (Å²) in [5.41, 5.74) is 1.07. The highest BCUT2D eigenvalue weighted by Gasteiger charge is 2.00. The van der Waals surface area contributed by atoms with Gasteiger partial charge < -0.3 is 9.15 Å². The molecule has 15 heavy (non-hydrogen) atoms. The first-order chi connectivity index (χ1) is 7.40. The fourth-order valence-corrected chi connectivity index (χ4v) is 1.38. The van der Waals surface area contributed by atoms with Crippen molar-refractivity contribution < 1.29 is 9.15 Å². The van der Waals surface area contributed by atoms with E-state index < -0.39 is 0 Å². The monoisotopic (exact) mass is 202 g/mol. The minimum Gasteiger partial charge on any atom is -0.494 e. The summed E-state index contributed by atoms with van der Waals surface area (Å²) in [5.74, 6) is 1.80. The number of rotatable bonds is 4. The minimum absolute atomic E-state index is 0.764. The standard InChI is InChI=1S/C13H14O2/c1-2-9-14-12-7-5-11(6-8-12)13-4-3-10-15-13/h3-8,10H,2,9H2,1H3. The maximum atomic E-state index is 5.50. The molecule has 0 aliphatic heterocycles. The van der Waals surface area contributed by atoms with Gasteiger partial charge in [0.25, 0.3) is 0 Å². The Labute approximate surface area is 89.5 Å². The van der Waals surface area contributed by atoms with Crippen LogP contribution in [0.2, 0.25) is 0 Å². The van der Waals surface area contributed by atoms with Crippen LogP contribution in [-0.2, 0) is 0 Å². The van der Waals surface area contributed by atoms with Gasteiger partial charge in [-0.15, -0.1) is 0 Å². The largest absolute Gasteiger partial charge is 0.494 e. The van der Waals surface area contributed by atoms with Crippen molar-refractivity contribution in [3.8, 4) is 17.1 Å². The van der Waals surface area contributed by atoms with Crippen molar-refractivity contribution in [3.05, 3.63) is 42.7 Å². The van der Waals surface area contributed by atoms with Crippen LogP contribution in [0.5, 0.6) is 5.75 Å². The van der Waals surface area contributed by atoms with Crippen LogP contribution in [0.25, 0.3) is 11.3 Å². The molecule has 0 radical (unpaired) electrons. The second-order valence-electron chi connectivity index (χ2n) is 3.35. The van der Waals surface area contributed by atoms with Gasteiger partial charge in [-0.25, -0.2) is 0 Å². The molecule has 2 aromatic rings. The van der Waals surface area contributed by atoms with E-state index in [1.807, 2.05) is 36.4 Å². The van der Waals surface area contributed by atoms with Crippen LogP contribution < -0.4 is 4.74 Å². The van der Waals surface area contributed by atoms with Crippen molar-refractivity contribution in [3.63, 3.8) is 0 Å². The SMILES string of the molecule is CCCOc1ccc(-c2ccco2)cc1. The summed E-state index contributed by atoms with van der Waals surface area (Å²) >= 11 is 0. The molecule has 0 fully saturated rings. The van der Waals surface area contributed by atoms with Crippen LogP contribution in [0.15, 0.2) is 47.1 Å². The summed E-state index contributed by atoms with van der Waals surface area (Å²) < 4.78 is 10.8. The molecule has 0 aliphatic carbocycles. The van der Waals surface area contributed by atoms with Crippen LogP contribution in [0.1, 0.15) is 13.3 Å². The van der Waals surface area contributed by atoms with Gasteiger partial charge >= 0.3 is 0 Å². The predicted molar refractivity (Wildman–Crippen MR) is 59.9 cm³/mol. The Morgan fingerprint density at radius 1 is 1.13 bits per heavy atom. The molecule has 2 rings (SSSR count). The van der Waals surface area contributed by atoms with E-state index in [0.29, 0.717) is 0 Å². The number of hydrogen-bond donors (Lipinski definition) is 0. The summed E-state index contributed by atoms with van der Waals surface area (Å²) in [5, 5.41) is 0. The van der Waals surface area contributed by atoms with Crippen molar-refractivity contribution in [2.75, 3.05) is 6.61 Å². The average Bonchev–Trinajstić information content (AvgIpc) is 2.80. The lowest BCUT2D eigenvalue weighted by molar-refractivity contribution is 0.317. The molecule has 0 saturated heterocycles. The molecule has 0 bridgehead atoms. The third-order valence-electron chi connectivity index (χ3n) is 2.13. The van der Waals surface area contributed by atoms with E-state index in [9.17, 15) is 0 Å². The van der Waals surface area contributed by atoms with Crippen LogP contribution in [0.3, 0.4) is 0 Å². The van der Waals surface area contributed by atoms with Crippen molar-refractivity contribution in [2.45, 2.75) is 13.3 Å². The molecule has 2 nitrogen and oxygen atoms in total. The molecule has 1 aromatic heterocycles. The van der Waals surface area contributed by atoms with E-state index >= 15 is 0 Å². The first-order valence-corrected chi connectivity index (χ1v) is 5.17. The topological polar surface area (TPSA) is 22.4 Å². The Kier molecular flexibility index (Phi) is 3.08. The molecule has 2 heteroatoms. The average molecular weight is 202 g/mol. The van der Waals surface area contributed by atoms with E-state index in [0.717, 1.165) is 30.1 Å². The lowest BCUT2D eigenvalue weighted by atomic mass is 10.2. The van der Waals surface area contributed by atoms with E-state index in [4.69, 9.17) is 9.15 Å². The van der Waals surface area contributed by atoms with Gasteiger partial charge in [-0.3, -0.25) is 0 Å². The zero-order chi connectivity index (χ0) is 10.5. The summed E-state index contributed by atoms with van der Waals surface area (Å²) in [7, 11) is 0. The third-order valence-corrected chi connectivity index (χ3v) is 2.13. The van der Waals surface area contributed by atoms with Crippen LogP contribution in [0.4, 0.5) is 0 Å². The predicted octanol–water partition coefficient (Wildman–Crippen LogP) is 3.74. The smallest absolute Gasteiger partial charge is 0.133 e. The lowest BCUT2D eigenvalue weighted by Crippen LogP contribution is -1.94. The van der Waals surface area contributed by atoms with Crippen molar-refractivity contribution >= 4 is 0 Å². The second kappa shape index (κ2) is 4.69. The molecule has 0 amide bonds. The summed E-state index contributed by atoms with van der Waals surface area (Å²) in [6, 6.07) is 11.8. The molecule has 1 aromatic carbocycles. The van der Waals surface area contributed by atoms with E-state index in [2.05, 4.69) is 6.92 Å². The lowest BCUT2D eigenvalue weighted by Gasteiger charge is -2.04. The molecule has 0 aliphatic rings. The Balaban J connectivity index is 2.11. The van der Waals surface area contributed by atoms with Crippen LogP contribution in [0, 0.1) is 0 Å². The van der Waals surface area contributed by atoms with Gasteiger partial charge in [-0.2, -0.15) is 0 Å². The Morgan fingerprint density at radius 3 is 2.53 bits per heavy atom. The Hall–Kier alpha value is -1.70. The molecule has 0 saturated carbocycles. The van der Waals surface area contributed by atoms with Crippen molar-refractivity contribution in [2.24, 2.45) is 0 Å². The second-order valence-corrected chi connectivity index (χ2v) is 3.35. The fourth-order valence-electron chi connectivity index (χ4n) is 1.38. The fraction of sp³-hybridized carbons (Fsp3) is 0.231. The first kappa shape index (κ1) is 9.84.